The number of aliphatic hydroxyl groups is 2. The number of ether oxygens (including phenoxy) is 3. The van der Waals surface area contributed by atoms with Crippen molar-refractivity contribution in [2.24, 2.45) is 0 Å². The monoisotopic (exact) mass is 678 g/mol. The summed E-state index contributed by atoms with van der Waals surface area (Å²) >= 11 is 0. The maximum absolute atomic E-state index is 12.5. The van der Waals surface area contributed by atoms with Gasteiger partial charge in [-0.2, -0.15) is 0 Å². The molecule has 6 rings (SSSR count). The van der Waals surface area contributed by atoms with Gasteiger partial charge in [0.2, 0.25) is 0 Å². The summed E-state index contributed by atoms with van der Waals surface area (Å²) < 4.78 is 20.1. The number of rotatable bonds is 10. The molecule has 0 bridgehead atoms. The van der Waals surface area contributed by atoms with Crippen LogP contribution in [0.1, 0.15) is 70.9 Å². The molecule has 268 valence electrons. The van der Waals surface area contributed by atoms with Crippen LogP contribution < -0.4 is 5.32 Å². The van der Waals surface area contributed by atoms with E-state index in [1.165, 1.54) is 0 Å². The third kappa shape index (κ3) is 8.79. The third-order valence-corrected chi connectivity index (χ3v) is 9.09. The van der Waals surface area contributed by atoms with Gasteiger partial charge >= 0.3 is 6.09 Å². The van der Waals surface area contributed by atoms with Gasteiger partial charge in [0.05, 0.1) is 28.6 Å². The Bertz CT molecular complexity index is 1670. The molecule has 3 N–H and O–H groups in total. The van der Waals surface area contributed by atoms with Crippen molar-refractivity contribution in [3.8, 4) is 0 Å². The minimum Gasteiger partial charge on any atom is -0.444 e. The number of hydrogen-bond acceptors (Lipinski definition) is 9. The van der Waals surface area contributed by atoms with Gasteiger partial charge in [-0.3, -0.25) is 0 Å². The summed E-state index contributed by atoms with van der Waals surface area (Å²) in [6.45, 7) is 10.7. The Morgan fingerprint density at radius 1 is 0.837 bits per heavy atom. The molecule has 49 heavy (non-hydrogen) atoms. The molecule has 0 saturated carbocycles. The summed E-state index contributed by atoms with van der Waals surface area (Å²) in [7, 11) is 3.39. The molecule has 2 aliphatic rings. The summed E-state index contributed by atoms with van der Waals surface area (Å²) in [4.78, 5) is 23.6. The number of nitrogens with one attached hydrogen (secondary N) is 1. The maximum Gasteiger partial charge on any atom is 0.410 e. The molecule has 4 aromatic rings. The zero-order valence-electron chi connectivity index (χ0n) is 29.8. The van der Waals surface area contributed by atoms with Gasteiger partial charge in [-0.25, -0.2) is 14.8 Å². The molecule has 0 spiro atoms. The average Bonchev–Trinajstić information content (AvgIpc) is 3.65. The number of piperidine rings is 2. The second-order valence-corrected chi connectivity index (χ2v) is 14.2. The molecule has 2 aromatic carbocycles. The predicted octanol–water partition coefficient (Wildman–Crippen LogP) is 4.94. The van der Waals surface area contributed by atoms with Gasteiger partial charge in [0.1, 0.15) is 28.5 Å². The van der Waals surface area contributed by atoms with Crippen molar-refractivity contribution in [3.63, 3.8) is 0 Å². The molecular weight excluding hydrogens is 624 g/mol. The lowest BCUT2D eigenvalue weighted by molar-refractivity contribution is -0.0531. The molecule has 0 aliphatic carbocycles. The van der Waals surface area contributed by atoms with Crippen molar-refractivity contribution in [2.75, 3.05) is 53.6 Å². The molecule has 12 heteroatoms. The Balaban J connectivity index is 0.000000199. The Morgan fingerprint density at radius 2 is 1.37 bits per heavy atom. The molecule has 2 aromatic heterocycles. The van der Waals surface area contributed by atoms with Crippen molar-refractivity contribution in [1.29, 1.82) is 0 Å². The first kappa shape index (κ1) is 36.7. The standard InChI is InChI=1S/C21H31N3O4.C16H23N3O2/c1-20(2,3)28-19(25)23-12-7-11-21(26,15-23)18-22-16-9-5-6-10-17(16)24(18)13-8-14-27-4;1-21-11-5-10-19-14-7-3-2-6-13(14)18-15(19)16(20)8-4-9-17-12-16/h5-6,9-10,26H,7-8,11-15H2,1-4H3;2-3,6-7,17,20H,4-5,8-12H2,1H3. The summed E-state index contributed by atoms with van der Waals surface area (Å²) in [5.74, 6) is 1.39. The Labute approximate surface area is 289 Å². The van der Waals surface area contributed by atoms with Crippen molar-refractivity contribution < 1.29 is 29.2 Å². The van der Waals surface area contributed by atoms with E-state index in [-0.39, 0.29) is 6.54 Å². The van der Waals surface area contributed by atoms with Crippen LogP contribution in [0.15, 0.2) is 48.5 Å². The van der Waals surface area contributed by atoms with Crippen LogP contribution in [0.4, 0.5) is 4.79 Å². The molecule has 1 amide bonds. The number of benzene rings is 2. The van der Waals surface area contributed by atoms with E-state index >= 15 is 0 Å². The number of β-amino-alcohol motifs (C(OH)–C–C–N with tert-alkyl or cyclic N) is 2. The molecule has 0 radical (unpaired) electrons. The van der Waals surface area contributed by atoms with E-state index in [4.69, 9.17) is 24.2 Å². The fraction of sp³-hybridized carbons (Fsp3) is 0.595. The van der Waals surface area contributed by atoms with Gasteiger partial charge in [-0.1, -0.05) is 24.3 Å². The van der Waals surface area contributed by atoms with Gasteiger partial charge in [-0.15, -0.1) is 0 Å². The number of hydrogen-bond donors (Lipinski definition) is 3. The lowest BCUT2D eigenvalue weighted by atomic mass is 9.92. The van der Waals surface area contributed by atoms with Gasteiger partial charge in [-0.05, 0) is 90.1 Å². The van der Waals surface area contributed by atoms with Crippen LogP contribution in [-0.2, 0) is 38.5 Å². The number of imidazole rings is 2. The maximum atomic E-state index is 12.5. The Hall–Kier alpha value is -3.55. The van der Waals surface area contributed by atoms with E-state index in [9.17, 15) is 15.0 Å². The number of amides is 1. The number of likely N-dealkylation sites (tertiary alicyclic amines) is 1. The molecule has 2 saturated heterocycles. The number of methoxy groups -OCH3 is 2. The molecule has 12 nitrogen and oxygen atoms in total. The minimum atomic E-state index is -1.21. The highest BCUT2D eigenvalue weighted by Crippen LogP contribution is 2.34. The summed E-state index contributed by atoms with van der Waals surface area (Å²) in [5.41, 5.74) is 1.21. The quantitative estimate of drug-likeness (QED) is 0.200. The van der Waals surface area contributed by atoms with Crippen molar-refractivity contribution >= 4 is 28.2 Å². The normalized spacial score (nSPS) is 21.5. The first-order chi connectivity index (χ1) is 23.5. The Kier molecular flexibility index (Phi) is 12.0. The highest BCUT2D eigenvalue weighted by molar-refractivity contribution is 5.77. The van der Waals surface area contributed by atoms with Gasteiger partial charge in [0.25, 0.3) is 0 Å². The van der Waals surface area contributed by atoms with Crippen LogP contribution >= 0.6 is 0 Å². The number of nitrogens with zero attached hydrogens (tertiary/aromatic N) is 5. The second kappa shape index (κ2) is 16.0. The molecule has 2 aliphatic heterocycles. The van der Waals surface area contributed by atoms with Gasteiger partial charge in [0, 0.05) is 53.6 Å². The van der Waals surface area contributed by atoms with E-state index < -0.39 is 22.9 Å². The zero-order chi connectivity index (χ0) is 35.1. The smallest absolute Gasteiger partial charge is 0.410 e. The van der Waals surface area contributed by atoms with E-state index in [1.54, 1.807) is 19.1 Å². The fourth-order valence-electron chi connectivity index (χ4n) is 6.83. The van der Waals surface area contributed by atoms with E-state index in [0.29, 0.717) is 51.5 Å². The number of aromatic nitrogens is 4. The molecule has 2 fully saturated rings. The summed E-state index contributed by atoms with van der Waals surface area (Å²) in [5, 5.41) is 25.8. The molecule has 2 atom stereocenters. The molecule has 2 unspecified atom stereocenters. The first-order valence-electron chi connectivity index (χ1n) is 17.5. The van der Waals surface area contributed by atoms with Crippen LogP contribution in [0.25, 0.3) is 22.1 Å². The van der Waals surface area contributed by atoms with Crippen molar-refractivity contribution in [3.05, 3.63) is 60.2 Å². The number of carbonyl (C=O) groups is 1. The Morgan fingerprint density at radius 3 is 1.88 bits per heavy atom. The van der Waals surface area contributed by atoms with Crippen LogP contribution in [0.5, 0.6) is 0 Å². The highest BCUT2D eigenvalue weighted by atomic mass is 16.6. The second-order valence-electron chi connectivity index (χ2n) is 14.2. The largest absolute Gasteiger partial charge is 0.444 e. The van der Waals surface area contributed by atoms with E-state index in [0.717, 1.165) is 66.7 Å². The lowest BCUT2D eigenvalue weighted by Crippen LogP contribution is -2.50. The predicted molar refractivity (Wildman–Crippen MR) is 189 cm³/mol. The first-order valence-corrected chi connectivity index (χ1v) is 17.5. The van der Waals surface area contributed by atoms with E-state index in [2.05, 4.69) is 20.5 Å². The van der Waals surface area contributed by atoms with Crippen LogP contribution in [0.3, 0.4) is 0 Å². The van der Waals surface area contributed by atoms with Crippen LogP contribution in [0.2, 0.25) is 0 Å². The van der Waals surface area contributed by atoms with Crippen LogP contribution in [0, 0.1) is 0 Å². The van der Waals surface area contributed by atoms with Gasteiger partial charge < -0.3 is 43.8 Å². The number of aryl methyl sites for hydroxylation is 2. The molecule has 4 heterocycles. The summed E-state index contributed by atoms with van der Waals surface area (Å²) in [6, 6.07) is 15.9. The number of fused-ring (bicyclic) bond motifs is 2. The fourth-order valence-corrected chi connectivity index (χ4v) is 6.83. The highest BCUT2D eigenvalue weighted by Gasteiger charge is 2.42. The minimum absolute atomic E-state index is 0.176. The van der Waals surface area contributed by atoms with Crippen molar-refractivity contribution in [1.82, 2.24) is 29.3 Å². The van der Waals surface area contributed by atoms with Crippen LogP contribution in [-0.4, -0.2) is 99.5 Å². The molecular formula is C37H54N6O6. The lowest BCUT2D eigenvalue weighted by Gasteiger charge is -2.39. The summed E-state index contributed by atoms with van der Waals surface area (Å²) in [6.07, 6.45) is 4.30. The number of para-hydroxylation sites is 4. The van der Waals surface area contributed by atoms with Crippen molar-refractivity contribution in [2.45, 2.75) is 89.2 Å². The van der Waals surface area contributed by atoms with E-state index in [1.807, 2.05) is 63.2 Å². The number of carbonyl (C=O) groups excluding carboxylic acids is 1. The average molecular weight is 679 g/mol. The topological polar surface area (TPSA) is 136 Å². The zero-order valence-corrected chi connectivity index (χ0v) is 29.8. The third-order valence-electron chi connectivity index (χ3n) is 9.09. The SMILES string of the molecule is COCCCn1c(C2(O)CCCN(C(=O)OC(C)(C)C)C2)nc2ccccc21.COCCCn1c(C2(O)CCCNC2)nc2ccccc21. The van der Waals surface area contributed by atoms with Gasteiger partial charge in [0.15, 0.2) is 0 Å².